The molecule has 0 bridgehead atoms. The van der Waals surface area contributed by atoms with Gasteiger partial charge in [0.25, 0.3) is 5.56 Å². The van der Waals surface area contributed by atoms with Crippen LogP contribution in [0.5, 0.6) is 0 Å². The van der Waals surface area contributed by atoms with E-state index in [1.807, 2.05) is 5.38 Å². The summed E-state index contributed by atoms with van der Waals surface area (Å²) in [5.74, 6) is 0.384. The van der Waals surface area contributed by atoms with Crippen molar-refractivity contribution >= 4 is 39.9 Å². The summed E-state index contributed by atoms with van der Waals surface area (Å²) in [5, 5.41) is 5.37. The lowest BCUT2D eigenvalue weighted by atomic mass is 10.0. The van der Waals surface area contributed by atoms with Crippen LogP contribution in [0.25, 0.3) is 10.2 Å². The maximum Gasteiger partial charge on any atom is 0.262 e. The Balaban J connectivity index is 0.00000264. The molecule has 0 aromatic carbocycles. The molecule has 1 amide bonds. The largest absolute Gasteiger partial charge is 0.352 e. The normalized spacial score (nSPS) is 12.2. The molecule has 0 saturated carbocycles. The van der Waals surface area contributed by atoms with E-state index < -0.39 is 0 Å². The first-order valence-corrected chi connectivity index (χ1v) is 8.31. The minimum absolute atomic E-state index is 0. The predicted octanol–water partition coefficient (Wildman–Crippen LogP) is 1.76. The van der Waals surface area contributed by atoms with E-state index in [4.69, 9.17) is 5.73 Å². The molecule has 6 nitrogen and oxygen atoms in total. The lowest BCUT2D eigenvalue weighted by Gasteiger charge is -2.18. The molecule has 1 unspecified atom stereocenters. The van der Waals surface area contributed by atoms with Crippen molar-refractivity contribution in [3.63, 3.8) is 0 Å². The van der Waals surface area contributed by atoms with Crippen molar-refractivity contribution < 1.29 is 4.79 Å². The van der Waals surface area contributed by atoms with Gasteiger partial charge in [-0.1, -0.05) is 13.8 Å². The topological polar surface area (TPSA) is 90.0 Å². The zero-order valence-electron chi connectivity index (χ0n) is 13.3. The number of thiophene rings is 1. The van der Waals surface area contributed by atoms with Crippen LogP contribution in [0.15, 0.2) is 22.6 Å². The van der Waals surface area contributed by atoms with Crippen molar-refractivity contribution in [2.24, 2.45) is 11.7 Å². The second kappa shape index (κ2) is 9.00. The Kier molecular flexibility index (Phi) is 7.67. The molecule has 2 heterocycles. The molecule has 0 spiro atoms. The smallest absolute Gasteiger partial charge is 0.262 e. The van der Waals surface area contributed by atoms with Gasteiger partial charge in [-0.25, -0.2) is 4.98 Å². The van der Waals surface area contributed by atoms with E-state index in [0.29, 0.717) is 24.4 Å². The van der Waals surface area contributed by atoms with E-state index in [-0.39, 0.29) is 36.3 Å². The number of aryl methyl sites for hydroxylation is 1. The van der Waals surface area contributed by atoms with E-state index in [2.05, 4.69) is 24.1 Å². The highest BCUT2D eigenvalue weighted by Crippen LogP contribution is 2.13. The van der Waals surface area contributed by atoms with Gasteiger partial charge in [0.15, 0.2) is 0 Å². The molecule has 0 aliphatic carbocycles. The number of carbonyl (C=O) groups is 1. The molecule has 128 valence electrons. The van der Waals surface area contributed by atoms with Crippen LogP contribution in [-0.2, 0) is 11.3 Å². The summed E-state index contributed by atoms with van der Waals surface area (Å²) in [4.78, 5) is 29.1. The minimum atomic E-state index is -0.100. The lowest BCUT2D eigenvalue weighted by Crippen LogP contribution is -2.41. The van der Waals surface area contributed by atoms with Crippen molar-refractivity contribution in [1.29, 1.82) is 0 Å². The minimum Gasteiger partial charge on any atom is -0.352 e. The summed E-state index contributed by atoms with van der Waals surface area (Å²) in [5.41, 5.74) is 5.57. The zero-order valence-corrected chi connectivity index (χ0v) is 15.0. The highest BCUT2D eigenvalue weighted by molar-refractivity contribution is 7.16. The fourth-order valence-corrected chi connectivity index (χ4v) is 3.08. The molecule has 2 aromatic rings. The highest BCUT2D eigenvalue weighted by Gasteiger charge is 2.13. The highest BCUT2D eigenvalue weighted by atomic mass is 35.5. The van der Waals surface area contributed by atoms with Gasteiger partial charge in [0.05, 0.1) is 11.7 Å². The Labute approximate surface area is 145 Å². The number of hydrogen-bond donors (Lipinski definition) is 2. The number of amides is 1. The van der Waals surface area contributed by atoms with E-state index >= 15 is 0 Å². The lowest BCUT2D eigenvalue weighted by molar-refractivity contribution is -0.122. The number of hydrogen-bond acceptors (Lipinski definition) is 5. The molecule has 1 atom stereocenters. The van der Waals surface area contributed by atoms with Crippen molar-refractivity contribution in [1.82, 2.24) is 14.9 Å². The van der Waals surface area contributed by atoms with Crippen LogP contribution < -0.4 is 16.6 Å². The molecule has 0 fully saturated rings. The molecule has 23 heavy (non-hydrogen) atoms. The summed E-state index contributed by atoms with van der Waals surface area (Å²) < 4.78 is 1.48. The average Bonchev–Trinajstić information content (AvgIpc) is 2.94. The number of rotatable bonds is 7. The van der Waals surface area contributed by atoms with Crippen LogP contribution in [0, 0.1) is 5.92 Å². The first kappa shape index (κ1) is 19.6. The van der Waals surface area contributed by atoms with Gasteiger partial charge < -0.3 is 11.1 Å². The number of nitrogens with one attached hydrogen (secondary N) is 1. The predicted molar refractivity (Wildman–Crippen MR) is 96.2 cm³/mol. The maximum absolute atomic E-state index is 12.2. The second-order valence-corrected chi connectivity index (χ2v) is 6.66. The molecular formula is C15H23ClN4O2S. The Hall–Kier alpha value is -1.44. The molecule has 8 heteroatoms. The first-order chi connectivity index (χ1) is 10.5. The first-order valence-electron chi connectivity index (χ1n) is 7.43. The molecule has 2 rings (SSSR count). The van der Waals surface area contributed by atoms with Crippen LogP contribution in [0.3, 0.4) is 0 Å². The van der Waals surface area contributed by atoms with Gasteiger partial charge in [-0.3, -0.25) is 14.2 Å². The molecule has 3 N–H and O–H groups in total. The van der Waals surface area contributed by atoms with Gasteiger partial charge in [-0.05, 0) is 23.8 Å². The van der Waals surface area contributed by atoms with E-state index in [0.717, 1.165) is 11.3 Å². The number of carbonyl (C=O) groups excluding carboxylic acids is 1. The fourth-order valence-electron chi connectivity index (χ4n) is 2.36. The van der Waals surface area contributed by atoms with Crippen molar-refractivity contribution in [3.05, 3.63) is 28.1 Å². The maximum atomic E-state index is 12.2. The van der Waals surface area contributed by atoms with Crippen LogP contribution >= 0.6 is 23.7 Å². The molecule has 0 aliphatic rings. The van der Waals surface area contributed by atoms with Gasteiger partial charge in [0.2, 0.25) is 5.91 Å². The number of fused-ring (bicyclic) bond motifs is 1. The Morgan fingerprint density at radius 2 is 2.22 bits per heavy atom. The van der Waals surface area contributed by atoms with Crippen molar-refractivity contribution in [3.8, 4) is 0 Å². The standard InChI is InChI=1S/C15H22N4O2S.ClH/c1-10(2)7-11(8-16)18-13(20)3-5-19-9-17-14-12(15(19)21)4-6-22-14;/h4,6,9-11H,3,5,7-8,16H2,1-2H3,(H,18,20);1H. The van der Waals surface area contributed by atoms with Crippen LogP contribution in [0.4, 0.5) is 0 Å². The van der Waals surface area contributed by atoms with Crippen molar-refractivity contribution in [2.75, 3.05) is 6.54 Å². The van der Waals surface area contributed by atoms with Crippen LogP contribution in [-0.4, -0.2) is 28.0 Å². The van der Waals surface area contributed by atoms with Gasteiger partial charge >= 0.3 is 0 Å². The Morgan fingerprint density at radius 3 is 2.87 bits per heavy atom. The Bertz CT molecular complexity index is 698. The van der Waals surface area contributed by atoms with Gasteiger partial charge in [-0.2, -0.15) is 0 Å². The number of nitrogens with zero attached hydrogens (tertiary/aromatic N) is 2. The monoisotopic (exact) mass is 358 g/mol. The number of halogens is 1. The summed E-state index contributed by atoms with van der Waals surface area (Å²) in [6.45, 7) is 4.93. The van der Waals surface area contributed by atoms with Crippen molar-refractivity contribution in [2.45, 2.75) is 39.3 Å². The van der Waals surface area contributed by atoms with Gasteiger partial charge in [-0.15, -0.1) is 23.7 Å². The van der Waals surface area contributed by atoms with E-state index in [1.165, 1.54) is 22.2 Å². The van der Waals surface area contributed by atoms with E-state index in [1.54, 1.807) is 6.07 Å². The third-order valence-corrected chi connectivity index (χ3v) is 4.26. The number of aromatic nitrogens is 2. The van der Waals surface area contributed by atoms with Crippen LogP contribution in [0.2, 0.25) is 0 Å². The fraction of sp³-hybridized carbons (Fsp3) is 0.533. The summed E-state index contributed by atoms with van der Waals surface area (Å²) in [6.07, 6.45) is 2.60. The Morgan fingerprint density at radius 1 is 1.48 bits per heavy atom. The summed E-state index contributed by atoms with van der Waals surface area (Å²) in [7, 11) is 0. The SMILES string of the molecule is CC(C)CC(CN)NC(=O)CCn1cnc2sccc2c1=O.Cl. The van der Waals surface area contributed by atoms with Gasteiger partial charge in [0.1, 0.15) is 4.83 Å². The zero-order chi connectivity index (χ0) is 16.1. The third-order valence-electron chi connectivity index (χ3n) is 3.44. The number of nitrogens with two attached hydrogens (primary N) is 1. The summed E-state index contributed by atoms with van der Waals surface area (Å²) in [6, 6.07) is 1.75. The third kappa shape index (κ3) is 5.30. The summed E-state index contributed by atoms with van der Waals surface area (Å²) >= 11 is 1.43. The molecule has 0 radical (unpaired) electrons. The second-order valence-electron chi connectivity index (χ2n) is 5.76. The van der Waals surface area contributed by atoms with Crippen LogP contribution in [0.1, 0.15) is 26.7 Å². The molecule has 0 aliphatic heterocycles. The molecular weight excluding hydrogens is 336 g/mol. The van der Waals surface area contributed by atoms with Gasteiger partial charge in [0, 0.05) is 25.6 Å². The van der Waals surface area contributed by atoms with E-state index in [9.17, 15) is 9.59 Å². The molecule has 2 aromatic heterocycles. The molecule has 0 saturated heterocycles. The quantitative estimate of drug-likeness (QED) is 0.789. The average molecular weight is 359 g/mol.